The normalized spacial score (nSPS) is 11.1. The van der Waals surface area contributed by atoms with Gasteiger partial charge in [0.15, 0.2) is 4.96 Å². The summed E-state index contributed by atoms with van der Waals surface area (Å²) in [6, 6.07) is 6.98. The first-order chi connectivity index (χ1) is 10.1. The van der Waals surface area contributed by atoms with Gasteiger partial charge in [-0.15, -0.1) is 23.1 Å². The predicted molar refractivity (Wildman–Crippen MR) is 89.5 cm³/mol. The first-order valence-corrected chi connectivity index (χ1v) is 8.44. The zero-order valence-electron chi connectivity index (χ0n) is 11.2. The Kier molecular flexibility index (Phi) is 3.93. The molecule has 0 aliphatic heterocycles. The summed E-state index contributed by atoms with van der Waals surface area (Å²) in [4.78, 5) is 18.1. The van der Waals surface area contributed by atoms with Crippen molar-refractivity contribution in [2.45, 2.75) is 17.6 Å². The fraction of sp³-hybridized carbons (Fsp3) is 0.143. The lowest BCUT2D eigenvalue weighted by Crippen LogP contribution is -2.14. The predicted octanol–water partition coefficient (Wildman–Crippen LogP) is 3.59. The van der Waals surface area contributed by atoms with E-state index >= 15 is 0 Å². The first kappa shape index (κ1) is 14.4. The first-order valence-electron chi connectivity index (χ1n) is 6.20. The molecule has 0 atom stereocenters. The van der Waals surface area contributed by atoms with Crippen molar-refractivity contribution in [3.63, 3.8) is 0 Å². The third-order valence-electron chi connectivity index (χ3n) is 2.99. The minimum absolute atomic E-state index is 0.0542. The maximum atomic E-state index is 12.1. The van der Waals surface area contributed by atoms with Crippen LogP contribution in [0.3, 0.4) is 0 Å². The Bertz CT molecular complexity index is 852. The smallest absolute Gasteiger partial charge is 0.258 e. The number of hydrogen-bond acceptors (Lipinski definition) is 5. The molecule has 3 aromatic rings. The molecule has 2 heterocycles. The molecule has 0 saturated heterocycles. The molecule has 7 heteroatoms. The van der Waals surface area contributed by atoms with Gasteiger partial charge in [-0.05, 0) is 19.1 Å². The second-order valence-corrected chi connectivity index (χ2v) is 6.76. The van der Waals surface area contributed by atoms with Gasteiger partial charge >= 0.3 is 0 Å². The van der Waals surface area contributed by atoms with Crippen LogP contribution in [0.1, 0.15) is 11.4 Å². The van der Waals surface area contributed by atoms with E-state index in [4.69, 9.17) is 17.3 Å². The highest BCUT2D eigenvalue weighted by Gasteiger charge is 2.09. The number of aromatic nitrogens is 2. The van der Waals surface area contributed by atoms with Gasteiger partial charge in [-0.25, -0.2) is 4.98 Å². The maximum absolute atomic E-state index is 12.1. The molecule has 2 aromatic heterocycles. The Morgan fingerprint density at radius 3 is 3.05 bits per heavy atom. The van der Waals surface area contributed by atoms with Gasteiger partial charge in [0.05, 0.1) is 10.7 Å². The van der Waals surface area contributed by atoms with Crippen molar-refractivity contribution in [3.05, 3.63) is 56.4 Å². The topological polar surface area (TPSA) is 60.4 Å². The number of anilines is 1. The number of thioether (sulfide) groups is 1. The van der Waals surface area contributed by atoms with Crippen molar-refractivity contribution in [3.8, 4) is 0 Å². The average Bonchev–Trinajstić information content (AvgIpc) is 2.80. The lowest BCUT2D eigenvalue weighted by atomic mass is 10.3. The van der Waals surface area contributed by atoms with E-state index in [1.165, 1.54) is 23.1 Å². The Morgan fingerprint density at radius 2 is 2.29 bits per heavy atom. The van der Waals surface area contributed by atoms with Gasteiger partial charge < -0.3 is 5.73 Å². The molecule has 3 rings (SSSR count). The monoisotopic (exact) mass is 337 g/mol. The van der Waals surface area contributed by atoms with Gasteiger partial charge in [-0.3, -0.25) is 9.20 Å². The van der Waals surface area contributed by atoms with Gasteiger partial charge in [0, 0.05) is 33.5 Å². The summed E-state index contributed by atoms with van der Waals surface area (Å²) in [5, 5.41) is 2.54. The molecule has 108 valence electrons. The van der Waals surface area contributed by atoms with E-state index in [0.29, 0.717) is 21.4 Å². The maximum Gasteiger partial charge on any atom is 0.258 e. The van der Waals surface area contributed by atoms with Crippen LogP contribution < -0.4 is 11.3 Å². The molecule has 0 aliphatic carbocycles. The molecule has 0 amide bonds. The van der Waals surface area contributed by atoms with Crippen molar-refractivity contribution in [1.82, 2.24) is 9.38 Å². The molecule has 0 radical (unpaired) electrons. The minimum atomic E-state index is -0.0542. The number of hydrogen-bond donors (Lipinski definition) is 1. The number of nitrogen functional groups attached to an aromatic ring is 1. The van der Waals surface area contributed by atoms with Crippen molar-refractivity contribution >= 4 is 45.3 Å². The van der Waals surface area contributed by atoms with Crippen LogP contribution in [0, 0.1) is 6.92 Å². The molecule has 0 unspecified atom stereocenters. The van der Waals surface area contributed by atoms with Crippen molar-refractivity contribution in [2.24, 2.45) is 0 Å². The molecule has 1 aromatic carbocycles. The number of benzene rings is 1. The second kappa shape index (κ2) is 5.71. The fourth-order valence-electron chi connectivity index (χ4n) is 2.00. The summed E-state index contributed by atoms with van der Waals surface area (Å²) < 4.78 is 1.61. The highest BCUT2D eigenvalue weighted by Crippen LogP contribution is 2.34. The summed E-state index contributed by atoms with van der Waals surface area (Å²) >= 11 is 9.09. The molecule has 4 nitrogen and oxygen atoms in total. The number of nitrogens with two attached hydrogens (primary N) is 1. The van der Waals surface area contributed by atoms with Gasteiger partial charge in [-0.2, -0.15) is 0 Å². The van der Waals surface area contributed by atoms with Crippen LogP contribution >= 0.6 is 34.7 Å². The van der Waals surface area contributed by atoms with E-state index in [0.717, 1.165) is 16.3 Å². The SMILES string of the molecule is Cc1csc2nc(CSc3c(N)cccc3Cl)cc(=O)n12. The van der Waals surface area contributed by atoms with E-state index in [1.807, 2.05) is 24.4 Å². The third-order valence-corrected chi connectivity index (χ3v) is 5.55. The third kappa shape index (κ3) is 2.79. The summed E-state index contributed by atoms with van der Waals surface area (Å²) in [6.07, 6.45) is 0. The zero-order valence-corrected chi connectivity index (χ0v) is 13.6. The molecular formula is C14H12ClN3OS2. The lowest BCUT2D eigenvalue weighted by Gasteiger charge is -2.07. The largest absolute Gasteiger partial charge is 0.398 e. The van der Waals surface area contributed by atoms with Crippen molar-refractivity contribution in [2.75, 3.05) is 5.73 Å². The van der Waals surface area contributed by atoms with Crippen molar-refractivity contribution in [1.29, 1.82) is 0 Å². The minimum Gasteiger partial charge on any atom is -0.398 e. The molecule has 0 saturated carbocycles. The fourth-order valence-corrected chi connectivity index (χ4v) is 4.12. The van der Waals surface area contributed by atoms with Gasteiger partial charge in [0.2, 0.25) is 0 Å². The molecule has 0 spiro atoms. The molecule has 2 N–H and O–H groups in total. The molecule has 0 aliphatic rings. The average molecular weight is 338 g/mol. The van der Waals surface area contributed by atoms with Crippen LogP contribution in [0.15, 0.2) is 39.3 Å². The van der Waals surface area contributed by atoms with E-state index in [9.17, 15) is 4.79 Å². The summed E-state index contributed by atoms with van der Waals surface area (Å²) in [6.45, 7) is 1.89. The van der Waals surface area contributed by atoms with E-state index < -0.39 is 0 Å². The number of nitrogens with zero attached hydrogens (tertiary/aromatic N) is 2. The zero-order chi connectivity index (χ0) is 15.0. The van der Waals surface area contributed by atoms with Crippen LogP contribution in [0.5, 0.6) is 0 Å². The lowest BCUT2D eigenvalue weighted by molar-refractivity contribution is 0.997. The van der Waals surface area contributed by atoms with E-state index in [1.54, 1.807) is 16.5 Å². The second-order valence-electron chi connectivity index (χ2n) is 4.53. The number of halogens is 1. The van der Waals surface area contributed by atoms with Crippen LogP contribution in [0.2, 0.25) is 5.02 Å². The number of rotatable bonds is 3. The Hall–Kier alpha value is -1.50. The highest BCUT2D eigenvalue weighted by molar-refractivity contribution is 7.98. The number of fused-ring (bicyclic) bond motifs is 1. The summed E-state index contributed by atoms with van der Waals surface area (Å²) in [7, 11) is 0. The Labute approximate surface area is 134 Å². The van der Waals surface area contributed by atoms with E-state index in [2.05, 4.69) is 4.98 Å². The molecule has 0 bridgehead atoms. The number of aryl methyl sites for hydroxylation is 1. The summed E-state index contributed by atoms with van der Waals surface area (Å²) in [5.74, 6) is 0.552. The standard InChI is InChI=1S/C14H12ClN3OS2/c1-8-6-21-14-17-9(5-12(19)18(8)14)7-20-13-10(15)3-2-4-11(13)16/h2-6H,7,16H2,1H3. The van der Waals surface area contributed by atoms with E-state index in [-0.39, 0.29) is 5.56 Å². The van der Waals surface area contributed by atoms with Crippen molar-refractivity contribution < 1.29 is 0 Å². The number of thiazole rings is 1. The van der Waals surface area contributed by atoms with Crippen LogP contribution in [-0.4, -0.2) is 9.38 Å². The molecule has 21 heavy (non-hydrogen) atoms. The van der Waals surface area contributed by atoms with Crippen LogP contribution in [-0.2, 0) is 5.75 Å². The molecular weight excluding hydrogens is 326 g/mol. The summed E-state index contributed by atoms with van der Waals surface area (Å²) in [5.41, 5.74) is 8.13. The van der Waals surface area contributed by atoms with Gasteiger partial charge in [0.1, 0.15) is 0 Å². The quantitative estimate of drug-likeness (QED) is 0.586. The van der Waals surface area contributed by atoms with Gasteiger partial charge in [0.25, 0.3) is 5.56 Å². The highest BCUT2D eigenvalue weighted by atomic mass is 35.5. The Balaban J connectivity index is 1.91. The van der Waals surface area contributed by atoms with Crippen LogP contribution in [0.25, 0.3) is 4.96 Å². The Morgan fingerprint density at radius 1 is 1.48 bits per heavy atom. The molecule has 0 fully saturated rings. The van der Waals surface area contributed by atoms with Crippen LogP contribution in [0.4, 0.5) is 5.69 Å². The van der Waals surface area contributed by atoms with Gasteiger partial charge in [-0.1, -0.05) is 17.7 Å².